The van der Waals surface area contributed by atoms with Crippen LogP contribution in [0.2, 0.25) is 0 Å². The Morgan fingerprint density at radius 3 is 2.33 bits per heavy atom. The summed E-state index contributed by atoms with van der Waals surface area (Å²) in [6.45, 7) is 6.40. The molecule has 5 heteroatoms. The molecular formula is C13H24F2O2S. The van der Waals surface area contributed by atoms with Gasteiger partial charge in [-0.3, -0.25) is 4.79 Å². The van der Waals surface area contributed by atoms with Crippen LogP contribution in [-0.4, -0.2) is 29.0 Å². The van der Waals surface area contributed by atoms with Gasteiger partial charge in [-0.25, -0.2) is 8.78 Å². The molecule has 0 aliphatic heterocycles. The second kappa shape index (κ2) is 8.73. The average molecular weight is 282 g/mol. The Hall–Kier alpha value is -0.320. The molecule has 0 saturated heterocycles. The summed E-state index contributed by atoms with van der Waals surface area (Å²) in [5.41, 5.74) is 0. The summed E-state index contributed by atoms with van der Waals surface area (Å²) in [5.74, 6) is -1.94. The van der Waals surface area contributed by atoms with Crippen LogP contribution >= 0.6 is 11.8 Å². The number of alkyl halides is 2. The number of unbranched alkanes of at least 4 members (excludes halogenated alkanes) is 2. The first kappa shape index (κ1) is 17.7. The van der Waals surface area contributed by atoms with Crippen molar-refractivity contribution in [3.05, 3.63) is 0 Å². The second-order valence-corrected chi connectivity index (χ2v) is 6.33. The fourth-order valence-corrected chi connectivity index (χ4v) is 2.29. The first-order chi connectivity index (χ1) is 8.22. The summed E-state index contributed by atoms with van der Waals surface area (Å²) < 4.78 is 30.1. The molecule has 2 nitrogen and oxygen atoms in total. The van der Waals surface area contributed by atoms with Crippen LogP contribution in [0.25, 0.3) is 0 Å². The van der Waals surface area contributed by atoms with Gasteiger partial charge in [0, 0.05) is 6.42 Å². The zero-order valence-corrected chi connectivity index (χ0v) is 12.5. The van der Waals surface area contributed by atoms with Crippen LogP contribution in [0.15, 0.2) is 0 Å². The minimum Gasteiger partial charge on any atom is -0.462 e. The smallest absolute Gasteiger partial charge is 0.319 e. The molecule has 0 amide bonds. The number of carbonyl (C=O) groups excluding carboxylic acids is 1. The number of esters is 1. The Labute approximate surface area is 113 Å². The normalized spacial score (nSPS) is 13.7. The van der Waals surface area contributed by atoms with Gasteiger partial charge >= 0.3 is 5.97 Å². The molecule has 0 saturated carbocycles. The number of ether oxygens (including phenoxy) is 1. The van der Waals surface area contributed by atoms with Gasteiger partial charge in [-0.15, -0.1) is 11.8 Å². The Morgan fingerprint density at radius 1 is 1.22 bits per heavy atom. The SMILES string of the molecule is CC(C)OC(=O)C(C)SCCCCCC(C)(F)F. The average Bonchev–Trinajstić information content (AvgIpc) is 2.20. The molecule has 0 heterocycles. The van der Waals surface area contributed by atoms with Crippen molar-refractivity contribution in [3.63, 3.8) is 0 Å². The lowest BCUT2D eigenvalue weighted by Crippen LogP contribution is -2.21. The summed E-state index contributed by atoms with van der Waals surface area (Å²) in [6, 6.07) is 0. The van der Waals surface area contributed by atoms with Crippen molar-refractivity contribution >= 4 is 17.7 Å². The molecule has 0 aliphatic rings. The van der Waals surface area contributed by atoms with E-state index < -0.39 is 5.92 Å². The molecule has 0 rings (SSSR count). The number of hydrogen-bond acceptors (Lipinski definition) is 3. The van der Waals surface area contributed by atoms with E-state index in [2.05, 4.69) is 0 Å². The summed E-state index contributed by atoms with van der Waals surface area (Å²) in [5, 5.41) is -0.181. The maximum Gasteiger partial charge on any atom is 0.319 e. The van der Waals surface area contributed by atoms with E-state index in [9.17, 15) is 13.6 Å². The fourth-order valence-electron chi connectivity index (χ4n) is 1.37. The van der Waals surface area contributed by atoms with E-state index in [4.69, 9.17) is 4.74 Å². The Kier molecular flexibility index (Phi) is 8.57. The van der Waals surface area contributed by atoms with Crippen LogP contribution in [0.3, 0.4) is 0 Å². The molecule has 0 aromatic rings. The molecule has 1 unspecified atom stereocenters. The summed E-state index contributed by atoms with van der Waals surface area (Å²) >= 11 is 1.52. The lowest BCUT2D eigenvalue weighted by atomic mass is 10.1. The third kappa shape index (κ3) is 10.8. The minimum absolute atomic E-state index is 0.0530. The van der Waals surface area contributed by atoms with Crippen molar-refractivity contribution in [2.75, 3.05) is 5.75 Å². The summed E-state index contributed by atoms with van der Waals surface area (Å²) in [7, 11) is 0. The third-order valence-corrected chi connectivity index (χ3v) is 3.53. The molecule has 0 spiro atoms. The van der Waals surface area contributed by atoms with Crippen LogP contribution in [-0.2, 0) is 9.53 Å². The molecule has 18 heavy (non-hydrogen) atoms. The second-order valence-electron chi connectivity index (χ2n) is 4.88. The van der Waals surface area contributed by atoms with Gasteiger partial charge in [0.25, 0.3) is 0 Å². The zero-order valence-electron chi connectivity index (χ0n) is 11.7. The molecule has 1 atom stereocenters. The van der Waals surface area contributed by atoms with Crippen molar-refractivity contribution < 1.29 is 18.3 Å². The molecule has 0 aliphatic carbocycles. The van der Waals surface area contributed by atoms with Gasteiger partial charge in [-0.05, 0) is 46.3 Å². The van der Waals surface area contributed by atoms with Crippen LogP contribution in [0, 0.1) is 0 Å². The van der Waals surface area contributed by atoms with Crippen LogP contribution in [0.5, 0.6) is 0 Å². The molecule has 0 aromatic heterocycles. The van der Waals surface area contributed by atoms with Gasteiger partial charge < -0.3 is 4.74 Å². The summed E-state index contributed by atoms with van der Waals surface area (Å²) in [6.07, 6.45) is 2.03. The first-order valence-electron chi connectivity index (χ1n) is 6.42. The van der Waals surface area contributed by atoms with Gasteiger partial charge in [-0.1, -0.05) is 6.42 Å². The number of hydrogen-bond donors (Lipinski definition) is 0. The largest absolute Gasteiger partial charge is 0.462 e. The van der Waals surface area contributed by atoms with Crippen LogP contribution < -0.4 is 0 Å². The Balaban J connectivity index is 3.51. The van der Waals surface area contributed by atoms with Crippen LogP contribution in [0.4, 0.5) is 8.78 Å². The Morgan fingerprint density at radius 2 is 1.83 bits per heavy atom. The highest BCUT2D eigenvalue weighted by Crippen LogP contribution is 2.21. The van der Waals surface area contributed by atoms with E-state index >= 15 is 0 Å². The number of rotatable bonds is 9. The standard InChI is InChI=1S/C13H24F2O2S/c1-10(2)17-12(16)11(3)18-9-7-5-6-8-13(4,14)15/h10-11H,5-9H2,1-4H3. The van der Waals surface area contributed by atoms with Gasteiger partial charge in [0.1, 0.15) is 0 Å². The lowest BCUT2D eigenvalue weighted by molar-refractivity contribution is -0.146. The highest BCUT2D eigenvalue weighted by molar-refractivity contribution is 8.00. The fraction of sp³-hybridized carbons (Fsp3) is 0.923. The highest BCUT2D eigenvalue weighted by atomic mass is 32.2. The number of thioether (sulfide) groups is 1. The molecular weight excluding hydrogens is 258 g/mol. The molecule has 0 fully saturated rings. The molecule has 0 bridgehead atoms. The first-order valence-corrected chi connectivity index (χ1v) is 7.47. The predicted molar refractivity (Wildman–Crippen MR) is 72.2 cm³/mol. The topological polar surface area (TPSA) is 26.3 Å². The minimum atomic E-state index is -2.55. The van der Waals surface area contributed by atoms with Gasteiger partial charge in [-0.2, -0.15) is 0 Å². The predicted octanol–water partition coefficient (Wildman–Crippen LogP) is 4.28. The van der Waals surface area contributed by atoms with Gasteiger partial charge in [0.15, 0.2) is 0 Å². The number of carbonyl (C=O) groups is 1. The quantitative estimate of drug-likeness (QED) is 0.466. The maximum atomic E-state index is 12.5. The Bertz CT molecular complexity index is 240. The third-order valence-electron chi connectivity index (χ3n) is 2.31. The van der Waals surface area contributed by atoms with E-state index in [1.54, 1.807) is 0 Å². The molecule has 0 N–H and O–H groups in total. The van der Waals surface area contributed by atoms with Gasteiger partial charge in [0.05, 0.1) is 11.4 Å². The van der Waals surface area contributed by atoms with E-state index in [1.807, 2.05) is 20.8 Å². The number of halogens is 2. The highest BCUT2D eigenvalue weighted by Gasteiger charge is 2.20. The van der Waals surface area contributed by atoms with Crippen molar-refractivity contribution in [1.29, 1.82) is 0 Å². The lowest BCUT2D eigenvalue weighted by Gasteiger charge is -2.13. The van der Waals surface area contributed by atoms with Crippen molar-refractivity contribution in [2.45, 2.75) is 70.7 Å². The monoisotopic (exact) mass is 282 g/mol. The van der Waals surface area contributed by atoms with Gasteiger partial charge in [0.2, 0.25) is 5.92 Å². The maximum absolute atomic E-state index is 12.5. The zero-order chi connectivity index (χ0) is 14.2. The van der Waals surface area contributed by atoms with Crippen molar-refractivity contribution in [2.24, 2.45) is 0 Å². The van der Waals surface area contributed by atoms with E-state index in [0.717, 1.165) is 25.5 Å². The van der Waals surface area contributed by atoms with Crippen molar-refractivity contribution in [1.82, 2.24) is 0 Å². The molecule has 0 aromatic carbocycles. The molecule has 0 radical (unpaired) electrons. The molecule has 108 valence electrons. The van der Waals surface area contributed by atoms with E-state index in [0.29, 0.717) is 6.42 Å². The van der Waals surface area contributed by atoms with Crippen molar-refractivity contribution in [3.8, 4) is 0 Å². The van der Waals surface area contributed by atoms with E-state index in [-0.39, 0.29) is 23.7 Å². The van der Waals surface area contributed by atoms with E-state index in [1.165, 1.54) is 11.8 Å². The van der Waals surface area contributed by atoms with Crippen LogP contribution in [0.1, 0.15) is 53.4 Å². The summed E-state index contributed by atoms with van der Waals surface area (Å²) in [4.78, 5) is 11.5.